The van der Waals surface area contributed by atoms with Crippen LogP contribution in [0, 0.1) is 5.82 Å². The summed E-state index contributed by atoms with van der Waals surface area (Å²) in [5.74, 6) is -1.32. The molecule has 2 aromatic rings. The molecule has 0 radical (unpaired) electrons. The molecule has 1 aromatic heterocycles. The van der Waals surface area contributed by atoms with Gasteiger partial charge in [-0.15, -0.1) is 0 Å². The van der Waals surface area contributed by atoms with Crippen molar-refractivity contribution in [3.63, 3.8) is 0 Å². The monoisotopic (exact) mass is 354 g/mol. The number of rotatable bonds is 6. The first-order chi connectivity index (χ1) is 11.5. The molecular formula is C16H16ClFN2O4. The molecule has 2 N–H and O–H groups in total. The molecule has 1 heterocycles. The Kier molecular flexibility index (Phi) is 6.08. The molecule has 8 heteroatoms. The lowest BCUT2D eigenvalue weighted by Crippen LogP contribution is -2.32. The lowest BCUT2D eigenvalue weighted by molar-refractivity contribution is -0.139. The Hall–Kier alpha value is -2.22. The van der Waals surface area contributed by atoms with Gasteiger partial charge < -0.3 is 19.8 Å². The van der Waals surface area contributed by atoms with Crippen molar-refractivity contribution in [2.24, 2.45) is 0 Å². The fourth-order valence-corrected chi connectivity index (χ4v) is 2.36. The zero-order chi connectivity index (χ0) is 17.7. The quantitative estimate of drug-likeness (QED) is 0.609. The van der Waals surface area contributed by atoms with Crippen LogP contribution in [0.1, 0.15) is 17.4 Å². The Bertz CT molecular complexity index is 729. The second-order valence-corrected chi connectivity index (χ2v) is 5.33. The molecule has 0 spiro atoms. The van der Waals surface area contributed by atoms with Gasteiger partial charge in [0.1, 0.15) is 30.9 Å². The highest BCUT2D eigenvalue weighted by Gasteiger charge is 2.23. The number of aliphatic hydroxyl groups excluding tert-OH is 2. The zero-order valence-corrected chi connectivity index (χ0v) is 13.6. The zero-order valence-electron chi connectivity index (χ0n) is 12.8. The molecule has 0 aliphatic carbocycles. The van der Waals surface area contributed by atoms with Gasteiger partial charge in [0, 0.05) is 17.4 Å². The highest BCUT2D eigenvalue weighted by molar-refractivity contribution is 6.30. The third kappa shape index (κ3) is 4.00. The average molecular weight is 355 g/mol. The predicted octanol–water partition coefficient (Wildman–Crippen LogP) is 1.88. The van der Waals surface area contributed by atoms with Crippen molar-refractivity contribution < 1.29 is 24.1 Å². The fraction of sp³-hybridized carbons (Fsp3) is 0.250. The van der Waals surface area contributed by atoms with Gasteiger partial charge in [0.05, 0.1) is 12.1 Å². The number of aromatic nitrogens is 1. The molecule has 0 amide bonds. The number of hydrogen-bond acceptors (Lipinski definition) is 6. The number of nitrogens with zero attached hydrogens (tertiary/aromatic N) is 2. The minimum atomic E-state index is -1.40. The van der Waals surface area contributed by atoms with Gasteiger partial charge in [0.15, 0.2) is 0 Å². The minimum absolute atomic E-state index is 0.111. The van der Waals surface area contributed by atoms with E-state index in [9.17, 15) is 19.4 Å². The molecule has 6 nitrogen and oxygen atoms in total. The van der Waals surface area contributed by atoms with Gasteiger partial charge in [-0.3, -0.25) is 9.78 Å². The lowest BCUT2D eigenvalue weighted by atomic mass is 10.0. The van der Waals surface area contributed by atoms with Crippen LogP contribution in [-0.4, -0.2) is 41.6 Å². The molecule has 0 bridgehead atoms. The SMILES string of the molecule is COC(=O)CN(CO)c1ccccc1C(O)c1ncc(Cl)cc1F. The molecular weight excluding hydrogens is 339 g/mol. The van der Waals surface area contributed by atoms with Crippen molar-refractivity contribution in [1.29, 1.82) is 0 Å². The molecule has 1 aromatic carbocycles. The van der Waals surface area contributed by atoms with Gasteiger partial charge in [-0.05, 0) is 12.1 Å². The minimum Gasteiger partial charge on any atom is -0.468 e. The van der Waals surface area contributed by atoms with Crippen LogP contribution >= 0.6 is 11.6 Å². The van der Waals surface area contributed by atoms with Gasteiger partial charge in [0.2, 0.25) is 0 Å². The standard InChI is InChI=1S/C16H16ClFN2O4/c1-24-14(22)8-20(9-21)13-5-3-2-4-11(13)16(23)15-12(18)6-10(17)7-19-15/h2-7,16,21,23H,8-9H2,1H3. The molecule has 2 rings (SSSR count). The fourth-order valence-electron chi connectivity index (χ4n) is 2.21. The van der Waals surface area contributed by atoms with Crippen LogP contribution in [-0.2, 0) is 9.53 Å². The number of esters is 1. The second-order valence-electron chi connectivity index (χ2n) is 4.90. The van der Waals surface area contributed by atoms with Gasteiger partial charge in [-0.1, -0.05) is 29.8 Å². The maximum absolute atomic E-state index is 14.0. The Morgan fingerprint density at radius 3 is 2.79 bits per heavy atom. The number of carbonyl (C=O) groups excluding carboxylic acids is 1. The van der Waals surface area contributed by atoms with Crippen LogP contribution in [0.5, 0.6) is 0 Å². The molecule has 1 unspecified atom stereocenters. The molecule has 24 heavy (non-hydrogen) atoms. The Labute approximate surface area is 143 Å². The van der Waals surface area contributed by atoms with E-state index < -0.39 is 24.6 Å². The predicted molar refractivity (Wildman–Crippen MR) is 86.2 cm³/mol. The van der Waals surface area contributed by atoms with E-state index in [-0.39, 0.29) is 22.8 Å². The van der Waals surface area contributed by atoms with Crippen LogP contribution in [0.25, 0.3) is 0 Å². The van der Waals surface area contributed by atoms with Crippen molar-refractivity contribution in [3.8, 4) is 0 Å². The molecule has 0 saturated carbocycles. The third-order valence-corrected chi connectivity index (χ3v) is 3.59. The summed E-state index contributed by atoms with van der Waals surface area (Å²) >= 11 is 5.67. The average Bonchev–Trinajstić information content (AvgIpc) is 2.59. The maximum atomic E-state index is 14.0. The topological polar surface area (TPSA) is 82.9 Å². The number of aliphatic hydroxyl groups is 2. The first-order valence-corrected chi connectivity index (χ1v) is 7.36. The number of hydrogen-bond donors (Lipinski definition) is 2. The second kappa shape index (κ2) is 8.05. The highest BCUT2D eigenvalue weighted by Crippen LogP contribution is 2.31. The number of para-hydroxylation sites is 1. The summed E-state index contributed by atoms with van der Waals surface area (Å²) in [6, 6.07) is 7.50. The van der Waals surface area contributed by atoms with Gasteiger partial charge in [0.25, 0.3) is 0 Å². The van der Waals surface area contributed by atoms with Crippen LogP contribution < -0.4 is 4.90 Å². The van der Waals surface area contributed by atoms with Crippen LogP contribution in [0.3, 0.4) is 0 Å². The van der Waals surface area contributed by atoms with E-state index in [1.54, 1.807) is 24.3 Å². The summed E-state index contributed by atoms with van der Waals surface area (Å²) < 4.78 is 18.6. The Morgan fingerprint density at radius 1 is 1.46 bits per heavy atom. The summed E-state index contributed by atoms with van der Waals surface area (Å²) in [4.78, 5) is 16.6. The number of methoxy groups -OCH3 is 1. The summed E-state index contributed by atoms with van der Waals surface area (Å²) in [5.41, 5.74) is 0.432. The third-order valence-electron chi connectivity index (χ3n) is 3.39. The van der Waals surface area contributed by atoms with Crippen LogP contribution in [0.4, 0.5) is 10.1 Å². The van der Waals surface area contributed by atoms with E-state index in [4.69, 9.17) is 11.6 Å². The Balaban J connectivity index is 2.41. The molecule has 128 valence electrons. The van der Waals surface area contributed by atoms with E-state index in [2.05, 4.69) is 9.72 Å². The van der Waals surface area contributed by atoms with Gasteiger partial charge in [-0.25, -0.2) is 4.39 Å². The van der Waals surface area contributed by atoms with Crippen molar-refractivity contribution in [2.75, 3.05) is 25.3 Å². The largest absolute Gasteiger partial charge is 0.468 e. The van der Waals surface area contributed by atoms with Crippen molar-refractivity contribution in [1.82, 2.24) is 4.98 Å². The number of benzene rings is 1. The molecule has 0 fully saturated rings. The number of halogens is 2. The summed E-state index contributed by atoms with van der Waals surface area (Å²) in [5, 5.41) is 20.1. The van der Waals surface area contributed by atoms with Crippen molar-refractivity contribution >= 4 is 23.3 Å². The molecule has 1 atom stereocenters. The van der Waals surface area contributed by atoms with E-state index in [1.807, 2.05) is 0 Å². The number of carbonyl (C=O) groups is 1. The summed E-state index contributed by atoms with van der Waals surface area (Å²) in [7, 11) is 1.23. The first-order valence-electron chi connectivity index (χ1n) is 6.98. The lowest BCUT2D eigenvalue weighted by Gasteiger charge is -2.25. The Morgan fingerprint density at radius 2 is 2.17 bits per heavy atom. The van der Waals surface area contributed by atoms with E-state index in [0.717, 1.165) is 6.07 Å². The number of pyridine rings is 1. The molecule has 0 aliphatic rings. The molecule has 0 aliphatic heterocycles. The van der Waals surface area contributed by atoms with Crippen molar-refractivity contribution in [3.05, 3.63) is 58.6 Å². The first kappa shape index (κ1) is 18.1. The number of anilines is 1. The highest BCUT2D eigenvalue weighted by atomic mass is 35.5. The smallest absolute Gasteiger partial charge is 0.325 e. The van der Waals surface area contributed by atoms with E-state index >= 15 is 0 Å². The number of ether oxygens (including phenoxy) is 1. The van der Waals surface area contributed by atoms with Crippen LogP contribution in [0.15, 0.2) is 36.5 Å². The summed E-state index contributed by atoms with van der Waals surface area (Å²) in [6.07, 6.45) is -0.172. The normalized spacial score (nSPS) is 11.9. The van der Waals surface area contributed by atoms with Gasteiger partial charge in [-0.2, -0.15) is 0 Å². The van der Waals surface area contributed by atoms with E-state index in [1.165, 1.54) is 18.2 Å². The van der Waals surface area contributed by atoms with E-state index in [0.29, 0.717) is 5.69 Å². The van der Waals surface area contributed by atoms with Crippen LogP contribution in [0.2, 0.25) is 5.02 Å². The van der Waals surface area contributed by atoms with Crippen molar-refractivity contribution in [2.45, 2.75) is 6.10 Å². The summed E-state index contributed by atoms with van der Waals surface area (Å²) in [6.45, 7) is -0.720. The molecule has 0 saturated heterocycles. The maximum Gasteiger partial charge on any atom is 0.325 e. The van der Waals surface area contributed by atoms with Gasteiger partial charge >= 0.3 is 5.97 Å².